The molecule has 78 valence electrons. The summed E-state index contributed by atoms with van der Waals surface area (Å²) in [5.74, 6) is 0.760. The Bertz CT molecular complexity index is 236. The van der Waals surface area contributed by atoms with Crippen LogP contribution < -0.4 is 10.1 Å². The highest BCUT2D eigenvalue weighted by molar-refractivity contribution is 5.25. The second kappa shape index (κ2) is 6.38. The standard InChI is InChI=1S/C11H18N2O/c1-3-8-14-11-10(9-12-4-2)6-5-7-13-11/h5-7,12H,3-4,8-9H2,1-2H3. The fourth-order valence-corrected chi connectivity index (χ4v) is 1.15. The highest BCUT2D eigenvalue weighted by Crippen LogP contribution is 2.13. The number of hydrogen-bond donors (Lipinski definition) is 1. The second-order valence-electron chi connectivity index (χ2n) is 3.10. The van der Waals surface area contributed by atoms with Crippen LogP contribution in [-0.4, -0.2) is 18.1 Å². The molecule has 3 nitrogen and oxygen atoms in total. The van der Waals surface area contributed by atoms with Gasteiger partial charge in [0.05, 0.1) is 6.61 Å². The molecule has 0 amide bonds. The molecule has 0 aliphatic carbocycles. The number of pyridine rings is 1. The first-order valence-corrected chi connectivity index (χ1v) is 5.15. The Balaban J connectivity index is 2.60. The largest absolute Gasteiger partial charge is 0.477 e. The molecule has 0 saturated carbocycles. The molecule has 1 aromatic rings. The molecule has 0 bridgehead atoms. The average Bonchev–Trinajstić information content (AvgIpc) is 2.24. The predicted octanol–water partition coefficient (Wildman–Crippen LogP) is 1.98. The lowest BCUT2D eigenvalue weighted by Crippen LogP contribution is -2.13. The van der Waals surface area contributed by atoms with Crippen molar-refractivity contribution >= 4 is 0 Å². The molecule has 0 aromatic carbocycles. The molecule has 0 atom stereocenters. The zero-order chi connectivity index (χ0) is 10.2. The number of aromatic nitrogens is 1. The zero-order valence-corrected chi connectivity index (χ0v) is 8.92. The van der Waals surface area contributed by atoms with Gasteiger partial charge in [0, 0.05) is 18.3 Å². The maximum atomic E-state index is 5.53. The molecule has 0 unspecified atom stereocenters. The summed E-state index contributed by atoms with van der Waals surface area (Å²) in [7, 11) is 0. The van der Waals surface area contributed by atoms with Crippen molar-refractivity contribution in [1.82, 2.24) is 10.3 Å². The smallest absolute Gasteiger partial charge is 0.217 e. The Labute approximate surface area is 85.5 Å². The van der Waals surface area contributed by atoms with E-state index in [0.717, 1.165) is 37.6 Å². The highest BCUT2D eigenvalue weighted by Gasteiger charge is 2.02. The summed E-state index contributed by atoms with van der Waals surface area (Å²) in [6.07, 6.45) is 2.78. The van der Waals surface area contributed by atoms with Gasteiger partial charge in [-0.15, -0.1) is 0 Å². The molecule has 0 aliphatic heterocycles. The van der Waals surface area contributed by atoms with E-state index in [1.54, 1.807) is 6.20 Å². The molecule has 1 rings (SSSR count). The molecule has 0 aliphatic rings. The van der Waals surface area contributed by atoms with Gasteiger partial charge in [-0.05, 0) is 19.0 Å². The van der Waals surface area contributed by atoms with Gasteiger partial charge in [-0.25, -0.2) is 4.98 Å². The summed E-state index contributed by atoms with van der Waals surface area (Å²) < 4.78 is 5.53. The summed E-state index contributed by atoms with van der Waals surface area (Å²) >= 11 is 0. The van der Waals surface area contributed by atoms with Crippen LogP contribution in [0.5, 0.6) is 5.88 Å². The first-order chi connectivity index (χ1) is 6.88. The summed E-state index contributed by atoms with van der Waals surface area (Å²) in [6.45, 7) is 6.69. The van der Waals surface area contributed by atoms with Crippen molar-refractivity contribution in [3.63, 3.8) is 0 Å². The van der Waals surface area contributed by atoms with Crippen LogP contribution in [0.25, 0.3) is 0 Å². The molecule has 1 aromatic heterocycles. The van der Waals surface area contributed by atoms with Gasteiger partial charge < -0.3 is 10.1 Å². The summed E-state index contributed by atoms with van der Waals surface area (Å²) in [5, 5.41) is 3.26. The number of nitrogens with one attached hydrogen (secondary N) is 1. The number of rotatable bonds is 6. The van der Waals surface area contributed by atoms with Gasteiger partial charge in [-0.2, -0.15) is 0 Å². The summed E-state index contributed by atoms with van der Waals surface area (Å²) in [6, 6.07) is 3.98. The minimum absolute atomic E-state index is 0.732. The van der Waals surface area contributed by atoms with E-state index in [9.17, 15) is 0 Å². The van der Waals surface area contributed by atoms with Crippen molar-refractivity contribution in [2.75, 3.05) is 13.2 Å². The van der Waals surface area contributed by atoms with Gasteiger partial charge in [-0.1, -0.05) is 19.9 Å². The van der Waals surface area contributed by atoms with E-state index in [-0.39, 0.29) is 0 Å². The van der Waals surface area contributed by atoms with E-state index in [0.29, 0.717) is 0 Å². The van der Waals surface area contributed by atoms with Crippen LogP contribution in [0.3, 0.4) is 0 Å². The highest BCUT2D eigenvalue weighted by atomic mass is 16.5. The summed E-state index contributed by atoms with van der Waals surface area (Å²) in [5.41, 5.74) is 1.13. The average molecular weight is 194 g/mol. The van der Waals surface area contributed by atoms with Crippen LogP contribution >= 0.6 is 0 Å². The maximum absolute atomic E-state index is 5.53. The van der Waals surface area contributed by atoms with Gasteiger partial charge in [0.1, 0.15) is 0 Å². The van der Waals surface area contributed by atoms with Crippen molar-refractivity contribution in [1.29, 1.82) is 0 Å². The third-order valence-corrected chi connectivity index (χ3v) is 1.86. The lowest BCUT2D eigenvalue weighted by atomic mass is 10.2. The third kappa shape index (κ3) is 3.34. The number of ether oxygens (including phenoxy) is 1. The quantitative estimate of drug-likeness (QED) is 0.752. The Morgan fingerprint density at radius 1 is 1.43 bits per heavy atom. The lowest BCUT2D eigenvalue weighted by molar-refractivity contribution is 0.301. The minimum atomic E-state index is 0.732. The van der Waals surface area contributed by atoms with E-state index in [4.69, 9.17) is 4.74 Å². The number of nitrogens with zero attached hydrogens (tertiary/aromatic N) is 1. The van der Waals surface area contributed by atoms with Crippen LogP contribution in [-0.2, 0) is 6.54 Å². The first kappa shape index (κ1) is 11.0. The van der Waals surface area contributed by atoms with Crippen molar-refractivity contribution in [3.8, 4) is 5.88 Å². The summed E-state index contributed by atoms with van der Waals surface area (Å²) in [4.78, 5) is 4.21. The van der Waals surface area contributed by atoms with Crippen LogP contribution in [0.2, 0.25) is 0 Å². The van der Waals surface area contributed by atoms with E-state index in [1.165, 1.54) is 0 Å². The molecule has 3 heteroatoms. The zero-order valence-electron chi connectivity index (χ0n) is 8.92. The van der Waals surface area contributed by atoms with Crippen LogP contribution in [0.1, 0.15) is 25.8 Å². The van der Waals surface area contributed by atoms with Crippen LogP contribution in [0.4, 0.5) is 0 Å². The van der Waals surface area contributed by atoms with Crippen molar-refractivity contribution in [2.45, 2.75) is 26.8 Å². The van der Waals surface area contributed by atoms with Gasteiger partial charge in [-0.3, -0.25) is 0 Å². The SMILES string of the molecule is CCCOc1ncccc1CNCC. The van der Waals surface area contributed by atoms with Crippen LogP contribution in [0.15, 0.2) is 18.3 Å². The normalized spacial score (nSPS) is 10.1. The fraction of sp³-hybridized carbons (Fsp3) is 0.545. The topological polar surface area (TPSA) is 34.1 Å². The van der Waals surface area contributed by atoms with Crippen LogP contribution in [0, 0.1) is 0 Å². The Morgan fingerprint density at radius 3 is 3.00 bits per heavy atom. The monoisotopic (exact) mass is 194 g/mol. The van der Waals surface area contributed by atoms with E-state index < -0.39 is 0 Å². The van der Waals surface area contributed by atoms with E-state index in [2.05, 4.69) is 24.1 Å². The Kier molecular flexibility index (Phi) is 5.00. The third-order valence-electron chi connectivity index (χ3n) is 1.86. The maximum Gasteiger partial charge on any atom is 0.217 e. The van der Waals surface area contributed by atoms with Crippen molar-refractivity contribution in [2.24, 2.45) is 0 Å². The molecule has 0 fully saturated rings. The molecule has 1 N–H and O–H groups in total. The number of hydrogen-bond acceptors (Lipinski definition) is 3. The molecule has 1 heterocycles. The van der Waals surface area contributed by atoms with Crippen molar-refractivity contribution < 1.29 is 4.74 Å². The van der Waals surface area contributed by atoms with Gasteiger partial charge >= 0.3 is 0 Å². The molecule has 0 radical (unpaired) electrons. The van der Waals surface area contributed by atoms with Gasteiger partial charge in [0.15, 0.2) is 0 Å². The molecule has 0 spiro atoms. The molecule has 0 saturated heterocycles. The molecular weight excluding hydrogens is 176 g/mol. The van der Waals surface area contributed by atoms with E-state index in [1.807, 2.05) is 12.1 Å². The van der Waals surface area contributed by atoms with Gasteiger partial charge in [0.2, 0.25) is 5.88 Å². The minimum Gasteiger partial charge on any atom is -0.477 e. The fourth-order valence-electron chi connectivity index (χ4n) is 1.15. The first-order valence-electron chi connectivity index (χ1n) is 5.15. The van der Waals surface area contributed by atoms with E-state index >= 15 is 0 Å². The second-order valence-corrected chi connectivity index (χ2v) is 3.10. The lowest BCUT2D eigenvalue weighted by Gasteiger charge is -2.09. The Hall–Kier alpha value is -1.09. The van der Waals surface area contributed by atoms with Gasteiger partial charge in [0.25, 0.3) is 0 Å². The molecular formula is C11H18N2O. The molecule has 14 heavy (non-hydrogen) atoms. The Morgan fingerprint density at radius 2 is 2.29 bits per heavy atom. The predicted molar refractivity (Wildman–Crippen MR) is 57.4 cm³/mol. The van der Waals surface area contributed by atoms with Crippen molar-refractivity contribution in [3.05, 3.63) is 23.9 Å².